The van der Waals surface area contributed by atoms with E-state index in [0.717, 1.165) is 18.4 Å². The van der Waals surface area contributed by atoms with E-state index in [1.165, 1.54) is 43.4 Å². The molecule has 1 saturated carbocycles. The summed E-state index contributed by atoms with van der Waals surface area (Å²) in [5, 5.41) is 3.82. The first kappa shape index (κ1) is 16.4. The number of benzene rings is 1. The van der Waals surface area contributed by atoms with Gasteiger partial charge in [0.1, 0.15) is 0 Å². The molecule has 0 spiro atoms. The van der Waals surface area contributed by atoms with Gasteiger partial charge in [-0.05, 0) is 55.3 Å². The van der Waals surface area contributed by atoms with E-state index in [1.54, 1.807) is 0 Å². The molecular formula is C19H32N2. The van der Waals surface area contributed by atoms with Gasteiger partial charge in [-0.15, -0.1) is 0 Å². The van der Waals surface area contributed by atoms with Crippen molar-refractivity contribution in [2.45, 2.75) is 52.0 Å². The summed E-state index contributed by atoms with van der Waals surface area (Å²) in [6.07, 6.45) is 6.75. The largest absolute Gasteiger partial charge is 0.378 e. The van der Waals surface area contributed by atoms with Crippen molar-refractivity contribution in [1.29, 1.82) is 0 Å². The maximum atomic E-state index is 3.82. The van der Waals surface area contributed by atoms with Crippen molar-refractivity contribution in [3.63, 3.8) is 0 Å². The fourth-order valence-electron chi connectivity index (χ4n) is 3.64. The summed E-state index contributed by atoms with van der Waals surface area (Å²) in [6, 6.07) is 9.60. The van der Waals surface area contributed by atoms with Crippen LogP contribution in [-0.4, -0.2) is 20.6 Å². The first-order valence-electron chi connectivity index (χ1n) is 8.62. The molecule has 0 bridgehead atoms. The van der Waals surface area contributed by atoms with Crippen molar-refractivity contribution in [2.75, 3.05) is 25.5 Å². The van der Waals surface area contributed by atoms with E-state index in [0.29, 0.717) is 6.04 Å². The molecule has 2 rings (SSSR count). The van der Waals surface area contributed by atoms with Crippen molar-refractivity contribution in [3.8, 4) is 0 Å². The van der Waals surface area contributed by atoms with Gasteiger partial charge in [0.25, 0.3) is 0 Å². The lowest BCUT2D eigenvalue weighted by Gasteiger charge is -2.34. The molecule has 3 unspecified atom stereocenters. The van der Waals surface area contributed by atoms with Gasteiger partial charge in [0.05, 0.1) is 0 Å². The SMILES string of the molecule is CCCNC(c1cccc(N(C)C)c1)C1CCCC(C)C1. The smallest absolute Gasteiger partial charge is 0.0364 e. The van der Waals surface area contributed by atoms with Crippen LogP contribution >= 0.6 is 0 Å². The van der Waals surface area contributed by atoms with Gasteiger partial charge in [-0.25, -0.2) is 0 Å². The molecule has 0 aromatic heterocycles. The van der Waals surface area contributed by atoms with Gasteiger partial charge < -0.3 is 10.2 Å². The normalized spacial score (nSPS) is 23.8. The molecule has 1 fully saturated rings. The van der Waals surface area contributed by atoms with Crippen LogP contribution in [0.3, 0.4) is 0 Å². The Bertz CT molecular complexity index is 427. The zero-order chi connectivity index (χ0) is 15.2. The van der Waals surface area contributed by atoms with E-state index in [2.05, 4.69) is 62.4 Å². The number of nitrogens with one attached hydrogen (secondary N) is 1. The molecule has 1 aliphatic carbocycles. The van der Waals surface area contributed by atoms with Crippen molar-refractivity contribution < 1.29 is 0 Å². The zero-order valence-electron chi connectivity index (χ0n) is 14.2. The van der Waals surface area contributed by atoms with E-state index in [4.69, 9.17) is 0 Å². The summed E-state index contributed by atoms with van der Waals surface area (Å²) in [5.74, 6) is 1.67. The number of anilines is 1. The molecule has 21 heavy (non-hydrogen) atoms. The van der Waals surface area contributed by atoms with Gasteiger partial charge in [0, 0.05) is 25.8 Å². The number of hydrogen-bond donors (Lipinski definition) is 1. The lowest BCUT2D eigenvalue weighted by molar-refractivity contribution is 0.224. The van der Waals surface area contributed by atoms with E-state index in [-0.39, 0.29) is 0 Å². The van der Waals surface area contributed by atoms with Gasteiger partial charge in [0.2, 0.25) is 0 Å². The summed E-state index contributed by atoms with van der Waals surface area (Å²) in [7, 11) is 4.24. The van der Waals surface area contributed by atoms with Crippen molar-refractivity contribution in [2.24, 2.45) is 11.8 Å². The van der Waals surface area contributed by atoms with Crippen LogP contribution in [0.1, 0.15) is 57.6 Å². The third-order valence-corrected chi connectivity index (χ3v) is 4.81. The minimum Gasteiger partial charge on any atom is -0.378 e. The molecule has 0 heterocycles. The van der Waals surface area contributed by atoms with Gasteiger partial charge in [-0.3, -0.25) is 0 Å². The average molecular weight is 288 g/mol. The van der Waals surface area contributed by atoms with Gasteiger partial charge in [-0.2, -0.15) is 0 Å². The van der Waals surface area contributed by atoms with E-state index in [1.807, 2.05) is 0 Å². The minimum absolute atomic E-state index is 0.521. The van der Waals surface area contributed by atoms with Gasteiger partial charge in [-0.1, -0.05) is 38.8 Å². The highest BCUT2D eigenvalue weighted by molar-refractivity contribution is 5.48. The third kappa shape index (κ3) is 4.47. The molecule has 1 aromatic carbocycles. The number of hydrogen-bond acceptors (Lipinski definition) is 2. The molecule has 2 nitrogen and oxygen atoms in total. The Morgan fingerprint density at radius 3 is 2.76 bits per heavy atom. The highest BCUT2D eigenvalue weighted by atomic mass is 15.1. The van der Waals surface area contributed by atoms with Gasteiger partial charge in [0.15, 0.2) is 0 Å². The molecule has 3 atom stereocenters. The van der Waals surface area contributed by atoms with Crippen LogP contribution in [0.2, 0.25) is 0 Å². The Morgan fingerprint density at radius 2 is 2.10 bits per heavy atom. The van der Waals surface area contributed by atoms with Crippen molar-refractivity contribution in [1.82, 2.24) is 5.32 Å². The lowest BCUT2D eigenvalue weighted by Crippen LogP contribution is -2.32. The summed E-state index contributed by atoms with van der Waals surface area (Å²) >= 11 is 0. The second kappa shape index (κ2) is 7.84. The topological polar surface area (TPSA) is 15.3 Å². The quantitative estimate of drug-likeness (QED) is 0.821. The summed E-state index contributed by atoms with van der Waals surface area (Å²) < 4.78 is 0. The Morgan fingerprint density at radius 1 is 1.29 bits per heavy atom. The first-order chi connectivity index (χ1) is 10.1. The third-order valence-electron chi connectivity index (χ3n) is 4.81. The van der Waals surface area contributed by atoms with Crippen LogP contribution in [0.15, 0.2) is 24.3 Å². The fraction of sp³-hybridized carbons (Fsp3) is 0.684. The van der Waals surface area contributed by atoms with Crippen LogP contribution in [0.4, 0.5) is 5.69 Å². The maximum absolute atomic E-state index is 3.82. The Labute approximate surface area is 130 Å². The van der Waals surface area contributed by atoms with E-state index < -0.39 is 0 Å². The molecule has 0 saturated heterocycles. The lowest BCUT2D eigenvalue weighted by atomic mass is 9.76. The monoisotopic (exact) mass is 288 g/mol. The molecule has 118 valence electrons. The second-order valence-corrected chi connectivity index (χ2v) is 6.95. The Hall–Kier alpha value is -1.02. The molecule has 1 aliphatic rings. The highest BCUT2D eigenvalue weighted by Crippen LogP contribution is 2.37. The molecule has 1 N–H and O–H groups in total. The molecular weight excluding hydrogens is 256 g/mol. The van der Waals surface area contributed by atoms with Crippen LogP contribution in [0, 0.1) is 11.8 Å². The molecule has 2 heteroatoms. The molecule has 0 aliphatic heterocycles. The van der Waals surface area contributed by atoms with Crippen molar-refractivity contribution >= 4 is 5.69 Å². The van der Waals surface area contributed by atoms with Crippen LogP contribution in [0.25, 0.3) is 0 Å². The zero-order valence-corrected chi connectivity index (χ0v) is 14.2. The predicted molar refractivity (Wildman–Crippen MR) is 92.9 cm³/mol. The van der Waals surface area contributed by atoms with E-state index in [9.17, 15) is 0 Å². The second-order valence-electron chi connectivity index (χ2n) is 6.95. The highest BCUT2D eigenvalue weighted by Gasteiger charge is 2.27. The summed E-state index contributed by atoms with van der Waals surface area (Å²) in [4.78, 5) is 2.20. The molecule has 0 radical (unpaired) electrons. The van der Waals surface area contributed by atoms with Crippen LogP contribution in [0.5, 0.6) is 0 Å². The maximum Gasteiger partial charge on any atom is 0.0364 e. The Balaban J connectivity index is 2.20. The fourth-order valence-corrected chi connectivity index (χ4v) is 3.64. The Kier molecular flexibility index (Phi) is 6.10. The number of nitrogens with zero attached hydrogens (tertiary/aromatic N) is 1. The standard InChI is InChI=1S/C19H32N2/c1-5-12-20-19(16-9-6-8-15(2)13-16)17-10-7-11-18(14-17)21(3)4/h7,10-11,14-16,19-20H,5-6,8-9,12-13H2,1-4H3. The number of rotatable bonds is 6. The van der Waals surface area contributed by atoms with Gasteiger partial charge >= 0.3 is 0 Å². The minimum atomic E-state index is 0.521. The summed E-state index contributed by atoms with van der Waals surface area (Å²) in [5.41, 5.74) is 2.77. The van der Waals surface area contributed by atoms with E-state index >= 15 is 0 Å². The van der Waals surface area contributed by atoms with Crippen LogP contribution in [-0.2, 0) is 0 Å². The van der Waals surface area contributed by atoms with Crippen LogP contribution < -0.4 is 10.2 Å². The summed E-state index contributed by atoms with van der Waals surface area (Å²) in [6.45, 7) is 5.78. The molecule has 0 amide bonds. The predicted octanol–water partition coefficient (Wildman–Crippen LogP) is 4.62. The molecule has 1 aromatic rings. The first-order valence-corrected chi connectivity index (χ1v) is 8.62. The average Bonchev–Trinajstić information content (AvgIpc) is 2.48. The van der Waals surface area contributed by atoms with Crippen molar-refractivity contribution in [3.05, 3.63) is 29.8 Å².